The Hall–Kier alpha value is -2.61. The number of halogens is 4. The molecule has 0 amide bonds. The Balaban J connectivity index is 1.89. The molecule has 0 radical (unpaired) electrons. The molecule has 9 heteroatoms. The van der Waals surface area contributed by atoms with Gasteiger partial charge in [0.1, 0.15) is 24.2 Å². The summed E-state index contributed by atoms with van der Waals surface area (Å²) >= 11 is 5.59. The molecule has 0 N–H and O–H groups in total. The molecule has 0 bridgehead atoms. The molecular formula is C14H8ClF3N4O. The van der Waals surface area contributed by atoms with Crippen molar-refractivity contribution in [2.75, 3.05) is 0 Å². The third-order valence-electron chi connectivity index (χ3n) is 2.91. The minimum Gasteiger partial charge on any atom is -0.455 e. The normalized spacial score (nSPS) is 12.2. The summed E-state index contributed by atoms with van der Waals surface area (Å²) < 4.78 is 45.4. The Labute approximate surface area is 133 Å². The Morgan fingerprint density at radius 1 is 1.13 bits per heavy atom. The molecule has 2 heterocycles. The van der Waals surface area contributed by atoms with Crippen LogP contribution in [0.4, 0.5) is 13.2 Å². The van der Waals surface area contributed by atoms with Crippen LogP contribution in [0.25, 0.3) is 11.3 Å². The molecule has 23 heavy (non-hydrogen) atoms. The zero-order valence-electron chi connectivity index (χ0n) is 11.3. The van der Waals surface area contributed by atoms with E-state index in [1.807, 2.05) is 0 Å². The van der Waals surface area contributed by atoms with Crippen molar-refractivity contribution in [3.8, 4) is 11.3 Å². The summed E-state index contributed by atoms with van der Waals surface area (Å²) in [6.45, 7) is 0. The summed E-state index contributed by atoms with van der Waals surface area (Å²) in [5.41, 5.74) is -0.640. The van der Waals surface area contributed by atoms with Gasteiger partial charge in [0.2, 0.25) is 0 Å². The van der Waals surface area contributed by atoms with E-state index in [4.69, 9.17) is 16.0 Å². The highest BCUT2D eigenvalue weighted by Crippen LogP contribution is 2.37. The summed E-state index contributed by atoms with van der Waals surface area (Å²) in [5.74, 6) is 0.648. The fourth-order valence-corrected chi connectivity index (χ4v) is 2.08. The van der Waals surface area contributed by atoms with Crippen molar-refractivity contribution in [3.63, 3.8) is 0 Å². The van der Waals surface area contributed by atoms with Crippen LogP contribution in [-0.4, -0.2) is 21.1 Å². The van der Waals surface area contributed by atoms with E-state index in [9.17, 15) is 13.2 Å². The van der Waals surface area contributed by atoms with E-state index in [0.29, 0.717) is 5.76 Å². The molecule has 0 aliphatic carbocycles. The maximum atomic E-state index is 12.9. The Kier molecular flexibility index (Phi) is 3.91. The third-order valence-corrected chi connectivity index (χ3v) is 3.24. The first-order valence-electron chi connectivity index (χ1n) is 6.29. The molecule has 5 nitrogen and oxygen atoms in total. The lowest BCUT2D eigenvalue weighted by molar-refractivity contribution is -0.137. The van der Waals surface area contributed by atoms with Crippen molar-refractivity contribution < 1.29 is 17.6 Å². The van der Waals surface area contributed by atoms with Gasteiger partial charge in [-0.2, -0.15) is 18.3 Å². The Bertz CT molecular complexity index is 840. The van der Waals surface area contributed by atoms with E-state index in [0.717, 1.165) is 6.07 Å². The lowest BCUT2D eigenvalue weighted by Crippen LogP contribution is -2.05. The van der Waals surface area contributed by atoms with E-state index in [1.54, 1.807) is 12.1 Å². The van der Waals surface area contributed by atoms with E-state index in [1.165, 1.54) is 35.7 Å². The monoisotopic (exact) mass is 340 g/mol. The average Bonchev–Trinajstić information content (AvgIpc) is 3.16. The van der Waals surface area contributed by atoms with Gasteiger partial charge in [-0.05, 0) is 30.3 Å². The fraction of sp³-hybridized carbons (Fsp3) is 0.0714. The molecule has 118 valence electrons. The summed E-state index contributed by atoms with van der Waals surface area (Å²) in [5, 5.41) is 10.8. The van der Waals surface area contributed by atoms with Crippen molar-refractivity contribution >= 4 is 17.8 Å². The summed E-state index contributed by atoms with van der Waals surface area (Å²) in [7, 11) is 0. The number of aromatic nitrogens is 3. The van der Waals surface area contributed by atoms with Crippen LogP contribution in [0.1, 0.15) is 11.3 Å². The standard InChI is InChI=1S/C14H8ClF3N4O/c15-12-3-1-9(5-11(12)14(16,17)18)13-4-2-10(23-13)6-21-22-7-19-20-8-22/h1-8H. The molecule has 0 unspecified atom stereocenters. The highest BCUT2D eigenvalue weighted by molar-refractivity contribution is 6.31. The molecule has 0 spiro atoms. The highest BCUT2D eigenvalue weighted by atomic mass is 35.5. The molecule has 3 aromatic rings. The maximum Gasteiger partial charge on any atom is 0.417 e. The van der Waals surface area contributed by atoms with Gasteiger partial charge in [0, 0.05) is 5.56 Å². The average molecular weight is 341 g/mol. The zero-order valence-corrected chi connectivity index (χ0v) is 12.1. The number of rotatable bonds is 3. The van der Waals surface area contributed by atoms with Gasteiger partial charge in [-0.1, -0.05) is 11.6 Å². The molecular weight excluding hydrogens is 333 g/mol. The van der Waals surface area contributed by atoms with Gasteiger partial charge in [0.25, 0.3) is 0 Å². The number of furan rings is 1. The summed E-state index contributed by atoms with van der Waals surface area (Å²) in [6.07, 6.45) is -0.365. The number of alkyl halides is 3. The van der Waals surface area contributed by atoms with Crippen LogP contribution in [-0.2, 0) is 6.18 Å². The van der Waals surface area contributed by atoms with Gasteiger partial charge in [0.05, 0.1) is 16.8 Å². The number of nitrogens with zero attached hydrogens (tertiary/aromatic N) is 4. The lowest BCUT2D eigenvalue weighted by Gasteiger charge is -2.09. The molecule has 0 aliphatic rings. The first kappa shape index (κ1) is 15.3. The largest absolute Gasteiger partial charge is 0.455 e. The van der Waals surface area contributed by atoms with E-state index >= 15 is 0 Å². The topological polar surface area (TPSA) is 56.2 Å². The third kappa shape index (κ3) is 3.42. The quantitative estimate of drug-likeness (QED) is 0.675. The molecule has 2 aromatic heterocycles. The van der Waals surface area contributed by atoms with Crippen LogP contribution in [0.15, 0.2) is 52.5 Å². The molecule has 0 fully saturated rings. The van der Waals surface area contributed by atoms with Gasteiger partial charge < -0.3 is 4.42 Å². The van der Waals surface area contributed by atoms with E-state index in [-0.39, 0.29) is 16.3 Å². The Morgan fingerprint density at radius 2 is 1.87 bits per heavy atom. The first-order valence-corrected chi connectivity index (χ1v) is 6.67. The smallest absolute Gasteiger partial charge is 0.417 e. The predicted molar refractivity (Wildman–Crippen MR) is 77.2 cm³/mol. The molecule has 1 aromatic carbocycles. The van der Waals surface area contributed by atoms with Crippen molar-refractivity contribution in [2.45, 2.75) is 6.18 Å². The van der Waals surface area contributed by atoms with Gasteiger partial charge >= 0.3 is 6.18 Å². The summed E-state index contributed by atoms with van der Waals surface area (Å²) in [6, 6.07) is 6.73. The van der Waals surface area contributed by atoms with Gasteiger partial charge in [-0.25, -0.2) is 4.68 Å². The number of hydrogen-bond donors (Lipinski definition) is 0. The lowest BCUT2D eigenvalue weighted by atomic mass is 10.1. The van der Waals surface area contributed by atoms with Crippen molar-refractivity contribution in [1.82, 2.24) is 14.9 Å². The predicted octanol–water partition coefficient (Wildman–Crippen LogP) is 4.09. The van der Waals surface area contributed by atoms with Gasteiger partial charge in [-0.15, -0.1) is 10.2 Å². The van der Waals surface area contributed by atoms with Crippen LogP contribution in [0.5, 0.6) is 0 Å². The van der Waals surface area contributed by atoms with Crippen molar-refractivity contribution in [3.05, 3.63) is 59.3 Å². The minimum atomic E-state index is -4.53. The fourth-order valence-electron chi connectivity index (χ4n) is 1.85. The number of hydrogen-bond acceptors (Lipinski definition) is 4. The number of benzene rings is 1. The van der Waals surface area contributed by atoms with Crippen LogP contribution < -0.4 is 0 Å². The van der Waals surface area contributed by atoms with Crippen LogP contribution in [0, 0.1) is 0 Å². The minimum absolute atomic E-state index is 0.269. The van der Waals surface area contributed by atoms with E-state index < -0.39 is 11.7 Å². The summed E-state index contributed by atoms with van der Waals surface area (Å²) in [4.78, 5) is 0. The van der Waals surface area contributed by atoms with Crippen LogP contribution in [0.2, 0.25) is 5.02 Å². The van der Waals surface area contributed by atoms with Crippen molar-refractivity contribution in [1.29, 1.82) is 0 Å². The molecule has 3 rings (SSSR count). The second kappa shape index (κ2) is 5.88. The molecule has 0 saturated heterocycles. The molecule has 0 aliphatic heterocycles. The van der Waals surface area contributed by atoms with Crippen LogP contribution >= 0.6 is 11.6 Å². The molecule has 0 atom stereocenters. The first-order chi connectivity index (χ1) is 10.9. The second-order valence-electron chi connectivity index (χ2n) is 4.48. The van der Waals surface area contributed by atoms with Crippen LogP contribution in [0.3, 0.4) is 0 Å². The van der Waals surface area contributed by atoms with Gasteiger partial charge in [0.15, 0.2) is 0 Å². The maximum absolute atomic E-state index is 12.9. The highest BCUT2D eigenvalue weighted by Gasteiger charge is 2.33. The SMILES string of the molecule is FC(F)(F)c1cc(-c2ccc(C=Nn3cnnc3)o2)ccc1Cl. The van der Waals surface area contributed by atoms with Gasteiger partial charge in [-0.3, -0.25) is 0 Å². The Morgan fingerprint density at radius 3 is 2.57 bits per heavy atom. The van der Waals surface area contributed by atoms with Crippen molar-refractivity contribution in [2.24, 2.45) is 5.10 Å². The molecule has 0 saturated carbocycles. The second-order valence-corrected chi connectivity index (χ2v) is 4.89. The van der Waals surface area contributed by atoms with E-state index in [2.05, 4.69) is 15.3 Å². The zero-order chi connectivity index (χ0) is 16.4.